The van der Waals surface area contributed by atoms with Gasteiger partial charge in [0.15, 0.2) is 0 Å². The van der Waals surface area contributed by atoms with E-state index in [2.05, 4.69) is 0 Å². The van der Waals surface area contributed by atoms with Gasteiger partial charge in [-0.05, 0) is 6.42 Å². The van der Waals surface area contributed by atoms with Crippen molar-refractivity contribution in [3.8, 4) is 0 Å². The largest absolute Gasteiger partial charge is 1.00 e. The molecule has 0 bridgehead atoms. The van der Waals surface area contributed by atoms with Gasteiger partial charge in [0.05, 0.1) is 0 Å². The Labute approximate surface area is 168 Å². The molecule has 0 aliphatic rings. The smallest absolute Gasteiger partial charge is 1.00 e. The van der Waals surface area contributed by atoms with Crippen LogP contribution in [-0.2, 0) is 4.57 Å². The van der Waals surface area contributed by atoms with Crippen molar-refractivity contribution in [2.24, 2.45) is 0 Å². The van der Waals surface area contributed by atoms with E-state index in [4.69, 9.17) is 9.79 Å². The van der Waals surface area contributed by atoms with E-state index in [0.717, 1.165) is 6.42 Å². The summed E-state index contributed by atoms with van der Waals surface area (Å²) in [6.45, 7) is 1.90. The molecule has 0 aromatic heterocycles. The molecule has 0 heterocycles. The zero-order valence-electron chi connectivity index (χ0n) is 12.9. The first-order chi connectivity index (χ1) is 3.56. The second-order valence-electron chi connectivity index (χ2n) is 1.74. The molecule has 0 saturated carbocycles. The van der Waals surface area contributed by atoms with Crippen LogP contribution in [0.15, 0.2) is 0 Å². The fourth-order valence-corrected chi connectivity index (χ4v) is 1.09. The van der Waals surface area contributed by atoms with E-state index in [1.165, 1.54) is 0 Å². The molecule has 58 valence electrons. The van der Waals surface area contributed by atoms with Crippen molar-refractivity contribution in [3.63, 3.8) is 0 Å². The topological polar surface area (TPSA) is 57.5 Å². The molecule has 8 heteroatoms. The van der Waals surface area contributed by atoms with Gasteiger partial charge in [0.25, 0.3) is 0 Å². The molecule has 0 unspecified atom stereocenters. The molecule has 12 heavy (non-hydrogen) atoms. The van der Waals surface area contributed by atoms with E-state index in [0.29, 0.717) is 6.42 Å². The molecule has 0 amide bonds. The van der Waals surface area contributed by atoms with Gasteiger partial charge in [-0.25, -0.2) is 0 Å². The summed E-state index contributed by atoms with van der Waals surface area (Å²) in [4.78, 5) is 16.5. The van der Waals surface area contributed by atoms with Crippen LogP contribution in [0.25, 0.3) is 0 Å². The average Bonchev–Trinajstić information content (AvgIpc) is 1.59. The second-order valence-corrected chi connectivity index (χ2v) is 3.52. The molecule has 3 nitrogen and oxygen atoms in total. The van der Waals surface area contributed by atoms with Gasteiger partial charge < -0.3 is 15.5 Å². The van der Waals surface area contributed by atoms with E-state index in [1.807, 2.05) is 6.92 Å². The Bertz CT molecular complexity index is 119. The third kappa shape index (κ3) is 29.2. The van der Waals surface area contributed by atoms with Crippen LogP contribution in [0.1, 0.15) is 25.5 Å². The number of unbranched alkanes of at least 4 members (excludes halogenated alkanes) is 1. The molecule has 0 saturated heterocycles. The second kappa shape index (κ2) is 17.5. The summed E-state index contributed by atoms with van der Waals surface area (Å²) < 4.78 is 10.1. The molecular weight excluding hydrogens is 219 g/mol. The van der Waals surface area contributed by atoms with Crippen molar-refractivity contribution in [3.05, 3.63) is 0 Å². The Morgan fingerprint density at radius 1 is 1.17 bits per heavy atom. The fourth-order valence-electron chi connectivity index (χ4n) is 0.364. The standard InChI is InChI=1S/C4H11O3P.4Na.4H/c1-2-3-4-8(5,6)7;;;;;;;;/h2-4H2,1H3,(H2,5,6,7);;;;;;;;/q;4*+1;4*-1. The minimum absolute atomic E-state index is 0. The summed E-state index contributed by atoms with van der Waals surface area (Å²) >= 11 is 0. The van der Waals surface area contributed by atoms with Crippen molar-refractivity contribution in [1.29, 1.82) is 0 Å². The summed E-state index contributed by atoms with van der Waals surface area (Å²) in [5.41, 5.74) is 0. The zero-order valence-corrected chi connectivity index (χ0v) is 17.8. The molecule has 0 spiro atoms. The van der Waals surface area contributed by atoms with Crippen molar-refractivity contribution >= 4 is 7.60 Å². The quantitative estimate of drug-likeness (QED) is 0.376. The summed E-state index contributed by atoms with van der Waals surface area (Å²) in [5, 5.41) is 0. The molecule has 0 aromatic rings. The molecule has 0 aliphatic heterocycles. The van der Waals surface area contributed by atoms with Crippen LogP contribution in [0.3, 0.4) is 0 Å². The van der Waals surface area contributed by atoms with E-state index >= 15 is 0 Å². The van der Waals surface area contributed by atoms with Gasteiger partial charge in [0.2, 0.25) is 0 Å². The maximum atomic E-state index is 10.1. The van der Waals surface area contributed by atoms with Crippen molar-refractivity contribution in [2.45, 2.75) is 19.8 Å². The Hall–Kier alpha value is 4.15. The van der Waals surface area contributed by atoms with E-state index < -0.39 is 7.60 Å². The summed E-state index contributed by atoms with van der Waals surface area (Å²) in [7, 11) is -3.68. The SMILES string of the molecule is CCCCP(=O)(O)O.[H-].[H-].[H-].[H-].[Na+].[Na+].[Na+].[Na+]. The van der Waals surface area contributed by atoms with Crippen LogP contribution in [0.2, 0.25) is 0 Å². The minimum Gasteiger partial charge on any atom is -1.00 e. The van der Waals surface area contributed by atoms with Gasteiger partial charge in [0.1, 0.15) is 0 Å². The Morgan fingerprint density at radius 2 is 1.50 bits per heavy atom. The minimum atomic E-state index is -3.68. The molecule has 0 radical (unpaired) electrons. The molecular formula is C4H15Na4O3P. The first kappa shape index (κ1) is 29.8. The van der Waals surface area contributed by atoms with Crippen LogP contribution in [0.4, 0.5) is 0 Å². The van der Waals surface area contributed by atoms with Crippen molar-refractivity contribution in [1.82, 2.24) is 0 Å². The maximum absolute atomic E-state index is 10.1. The van der Waals surface area contributed by atoms with Crippen LogP contribution >= 0.6 is 7.60 Å². The predicted molar refractivity (Wildman–Crippen MR) is 36.3 cm³/mol. The van der Waals surface area contributed by atoms with Crippen LogP contribution in [0.5, 0.6) is 0 Å². The normalized spacial score (nSPS) is 7.92. The van der Waals surface area contributed by atoms with E-state index in [-0.39, 0.29) is 130 Å². The van der Waals surface area contributed by atoms with Gasteiger partial charge in [0, 0.05) is 6.16 Å². The van der Waals surface area contributed by atoms with Crippen LogP contribution < -0.4 is 118 Å². The summed E-state index contributed by atoms with van der Waals surface area (Å²) in [6.07, 6.45) is 1.49. The van der Waals surface area contributed by atoms with Gasteiger partial charge in [-0.15, -0.1) is 0 Å². The van der Waals surface area contributed by atoms with Crippen LogP contribution in [-0.4, -0.2) is 15.9 Å². The third-order valence-electron chi connectivity index (χ3n) is 0.803. The maximum Gasteiger partial charge on any atom is 1.00 e. The summed E-state index contributed by atoms with van der Waals surface area (Å²) in [5.74, 6) is 0. The van der Waals surface area contributed by atoms with E-state index in [1.54, 1.807) is 0 Å². The molecule has 0 aliphatic carbocycles. The number of hydrogen-bond acceptors (Lipinski definition) is 1. The third-order valence-corrected chi connectivity index (χ3v) is 1.70. The van der Waals surface area contributed by atoms with Crippen molar-refractivity contribution < 1.29 is 138 Å². The molecule has 0 fully saturated rings. The first-order valence-corrected chi connectivity index (χ1v) is 4.40. The zero-order chi connectivity index (χ0) is 6.62. The number of hydrogen-bond donors (Lipinski definition) is 2. The Morgan fingerprint density at radius 3 is 1.58 bits per heavy atom. The molecule has 2 N–H and O–H groups in total. The van der Waals surface area contributed by atoms with Gasteiger partial charge in [-0.2, -0.15) is 0 Å². The summed E-state index contributed by atoms with van der Waals surface area (Å²) in [6, 6.07) is 0. The van der Waals surface area contributed by atoms with Gasteiger partial charge in [-0.1, -0.05) is 13.3 Å². The monoisotopic (exact) mass is 234 g/mol. The first-order valence-electron chi connectivity index (χ1n) is 2.61. The predicted octanol–water partition coefficient (Wildman–Crippen LogP) is -10.6. The van der Waals surface area contributed by atoms with Gasteiger partial charge >= 0.3 is 126 Å². The number of rotatable bonds is 3. The molecule has 0 rings (SSSR count). The van der Waals surface area contributed by atoms with Gasteiger partial charge in [-0.3, -0.25) is 4.57 Å². The van der Waals surface area contributed by atoms with Crippen molar-refractivity contribution in [2.75, 3.05) is 6.16 Å². The van der Waals surface area contributed by atoms with E-state index in [9.17, 15) is 4.57 Å². The Balaban J connectivity index is -0.00000000875. The molecule has 0 atom stereocenters. The molecule has 0 aromatic carbocycles. The van der Waals surface area contributed by atoms with Crippen LogP contribution in [0, 0.1) is 0 Å². The average molecular weight is 234 g/mol. The Kier molecular flexibility index (Phi) is 43.6. The fraction of sp³-hybridized carbons (Fsp3) is 1.00.